The Morgan fingerprint density at radius 2 is 0.625 bits per heavy atom. The normalized spacial score (nSPS) is 9.90. The Morgan fingerprint density at radius 1 is 0.350 bits per heavy atom. The molecule has 6 aromatic rings. The van der Waals surface area contributed by atoms with Gasteiger partial charge < -0.3 is 0 Å². The maximum absolute atomic E-state index is 4.25. The van der Waals surface area contributed by atoms with Crippen LogP contribution >= 0.6 is 12.4 Å². The molecule has 6 heterocycles. The first-order chi connectivity index (χ1) is 19.3. The van der Waals surface area contributed by atoms with E-state index in [9.17, 15) is 0 Å². The average molecular weight is 674 g/mol. The number of aromatic nitrogens is 6. The van der Waals surface area contributed by atoms with E-state index in [1.165, 1.54) is 0 Å². The van der Waals surface area contributed by atoms with E-state index in [1.54, 1.807) is 24.8 Å². The number of halogens is 1. The summed E-state index contributed by atoms with van der Waals surface area (Å²) in [5.41, 5.74) is 0. The Hall–Kier alpha value is -3.25. The van der Waals surface area contributed by atoms with Gasteiger partial charge in [0.05, 0.1) is 0 Å². The van der Waals surface area contributed by atoms with Crippen molar-refractivity contribution in [1.82, 2.24) is 29.9 Å². The van der Waals surface area contributed by atoms with Crippen molar-refractivity contribution in [3.05, 3.63) is 146 Å². The van der Waals surface area contributed by atoms with Gasteiger partial charge >= 0.3 is 249 Å². The first-order valence-electron chi connectivity index (χ1n) is 11.7. The summed E-state index contributed by atoms with van der Waals surface area (Å²) in [7, 11) is 0. The molecule has 6 rings (SSSR count). The summed E-state index contributed by atoms with van der Waals surface area (Å²) in [5.74, 6) is 0. The zero-order valence-corrected chi connectivity index (χ0v) is 25.2. The topological polar surface area (TPSA) is 77.3 Å². The monoisotopic (exact) mass is 673 g/mol. The van der Waals surface area contributed by atoms with E-state index in [1.807, 2.05) is 122 Å². The van der Waals surface area contributed by atoms with E-state index in [4.69, 9.17) is 0 Å². The molecule has 0 fully saturated rings. The molecular weight excluding hydrogens is 647 g/mol. The van der Waals surface area contributed by atoms with Crippen LogP contribution < -0.4 is 27.6 Å². The number of rotatable bonds is 6. The standard InChI is InChI=1S/6C5H4N.ClH.3Fe.H/c6*1-2-4-6-5-3-1;;;;;/h6*1-4H;1H;;;;. The van der Waals surface area contributed by atoms with Crippen LogP contribution in [0.1, 0.15) is 0 Å². The molecule has 0 aliphatic carbocycles. The van der Waals surface area contributed by atoms with Gasteiger partial charge in [0.25, 0.3) is 0 Å². The van der Waals surface area contributed by atoms with E-state index >= 15 is 0 Å². The van der Waals surface area contributed by atoms with Gasteiger partial charge in [0.15, 0.2) is 0 Å². The molecule has 0 aliphatic rings. The van der Waals surface area contributed by atoms with E-state index in [0.29, 0.717) is 15.0 Å². The minimum absolute atomic E-state index is 0. The SMILES string of the molecule is Cl.c1cc[c]([FeH][c]2ccccn2)nc1.c1cc[c]([Fe][c]2ccccn2)nc1.c1cc[c]([Fe][c]2ccccn2)nc1. The predicted molar refractivity (Wildman–Crippen MR) is 152 cm³/mol. The second kappa shape index (κ2) is 18.9. The van der Waals surface area contributed by atoms with Crippen molar-refractivity contribution < 1.29 is 44.9 Å². The van der Waals surface area contributed by atoms with Crippen molar-refractivity contribution in [2.24, 2.45) is 0 Å². The molecule has 0 saturated carbocycles. The molecule has 207 valence electrons. The van der Waals surface area contributed by atoms with Crippen LogP contribution in [0.2, 0.25) is 0 Å². The summed E-state index contributed by atoms with van der Waals surface area (Å²) in [6.45, 7) is 0. The van der Waals surface area contributed by atoms with Gasteiger partial charge in [0, 0.05) is 0 Å². The molecule has 0 aromatic carbocycles. The Labute approximate surface area is 259 Å². The number of pyridine rings is 6. The summed E-state index contributed by atoms with van der Waals surface area (Å²) < 4.78 is 6.40. The Kier molecular flexibility index (Phi) is 14.8. The average Bonchev–Trinajstić information content (AvgIpc) is 3.01. The van der Waals surface area contributed by atoms with Crippen LogP contribution in [0.3, 0.4) is 0 Å². The van der Waals surface area contributed by atoms with Gasteiger partial charge in [-0.3, -0.25) is 0 Å². The van der Waals surface area contributed by atoms with Gasteiger partial charge in [-0.05, 0) is 0 Å². The zero-order valence-electron chi connectivity index (χ0n) is 21.0. The van der Waals surface area contributed by atoms with Crippen molar-refractivity contribution in [2.75, 3.05) is 0 Å². The Balaban J connectivity index is 0.000000163. The Bertz CT molecular complexity index is 1160. The van der Waals surface area contributed by atoms with Gasteiger partial charge in [-0.1, -0.05) is 0 Å². The van der Waals surface area contributed by atoms with E-state index in [-0.39, 0.29) is 12.4 Å². The van der Waals surface area contributed by atoms with Crippen LogP contribution in [0.15, 0.2) is 146 Å². The summed E-state index contributed by atoms with van der Waals surface area (Å²) in [5, 5.41) is 0. The molecule has 0 radical (unpaired) electrons. The molecule has 40 heavy (non-hydrogen) atoms. The molecule has 0 unspecified atom stereocenters. The van der Waals surface area contributed by atoms with E-state index in [2.05, 4.69) is 29.9 Å². The molecule has 0 atom stereocenters. The molecule has 0 N–H and O–H groups in total. The quantitative estimate of drug-likeness (QED) is 0.251. The van der Waals surface area contributed by atoms with Crippen LogP contribution in [0, 0.1) is 0 Å². The van der Waals surface area contributed by atoms with Crippen molar-refractivity contribution in [1.29, 1.82) is 0 Å². The van der Waals surface area contributed by atoms with Gasteiger partial charge in [-0.2, -0.15) is 0 Å². The summed E-state index contributed by atoms with van der Waals surface area (Å²) in [6.07, 6.45) is 10.8. The number of hydrogen-bond acceptors (Lipinski definition) is 6. The fourth-order valence-corrected chi connectivity index (χ4v) is 5.69. The third kappa shape index (κ3) is 12.3. The summed E-state index contributed by atoms with van der Waals surface area (Å²) in [6, 6.07) is 35.6. The Morgan fingerprint density at radius 3 is 0.850 bits per heavy atom. The van der Waals surface area contributed by atoms with Crippen molar-refractivity contribution in [3.63, 3.8) is 0 Å². The molecule has 0 aliphatic heterocycles. The maximum atomic E-state index is 4.25. The second-order valence-corrected chi connectivity index (χ2v) is 11.5. The van der Waals surface area contributed by atoms with Gasteiger partial charge in [0.2, 0.25) is 0 Å². The third-order valence-electron chi connectivity index (χ3n) is 4.30. The minimum atomic E-state index is 0. The predicted octanol–water partition coefficient (Wildman–Crippen LogP) is 1.68. The molecule has 6 aromatic heterocycles. The van der Waals surface area contributed by atoms with Crippen molar-refractivity contribution in [2.45, 2.75) is 0 Å². The number of hydrogen-bond donors (Lipinski definition) is 0. The molecule has 0 bridgehead atoms. The number of nitrogens with zero attached hydrogens (tertiary/aromatic N) is 6. The van der Waals surface area contributed by atoms with Gasteiger partial charge in [-0.15, -0.1) is 12.4 Å². The molecule has 0 spiro atoms. The molecular formula is C30H26ClFe3N6. The summed E-state index contributed by atoms with van der Waals surface area (Å²) >= 11 is 2.14. The van der Waals surface area contributed by atoms with E-state index in [0.717, 1.165) is 57.5 Å². The first-order valence-corrected chi connectivity index (χ1v) is 15.1. The van der Waals surface area contributed by atoms with Crippen LogP contribution in [0.25, 0.3) is 0 Å². The van der Waals surface area contributed by atoms with Crippen molar-refractivity contribution >= 4 is 40.0 Å². The fraction of sp³-hybridized carbons (Fsp3) is 0. The van der Waals surface area contributed by atoms with Gasteiger partial charge in [-0.25, -0.2) is 0 Å². The second-order valence-electron chi connectivity index (χ2n) is 7.14. The molecule has 10 heteroatoms. The molecule has 0 amide bonds. The molecule has 6 nitrogen and oxygen atoms in total. The van der Waals surface area contributed by atoms with Crippen LogP contribution in [-0.4, -0.2) is 29.9 Å². The van der Waals surface area contributed by atoms with E-state index < -0.39 is 0 Å². The third-order valence-corrected chi connectivity index (χ3v) is 8.04. The zero-order chi connectivity index (χ0) is 26.8. The fourth-order valence-electron chi connectivity index (χ4n) is 2.64. The summed E-state index contributed by atoms with van der Waals surface area (Å²) in [4.78, 5) is 25.4. The van der Waals surface area contributed by atoms with Crippen LogP contribution in [0.5, 0.6) is 0 Å². The van der Waals surface area contributed by atoms with Gasteiger partial charge in [0.1, 0.15) is 0 Å². The molecule has 0 saturated heterocycles. The first kappa shape index (κ1) is 31.3. The van der Waals surface area contributed by atoms with Crippen LogP contribution in [-0.2, 0) is 44.9 Å². The van der Waals surface area contributed by atoms with Crippen LogP contribution in [0.4, 0.5) is 0 Å². The van der Waals surface area contributed by atoms with Crippen molar-refractivity contribution in [3.8, 4) is 0 Å².